The van der Waals surface area contributed by atoms with Crippen LogP contribution in [-0.2, 0) is 6.61 Å². The van der Waals surface area contributed by atoms with Crippen molar-refractivity contribution in [2.45, 2.75) is 20.5 Å². The van der Waals surface area contributed by atoms with Crippen molar-refractivity contribution in [3.63, 3.8) is 0 Å². The largest absolute Gasteiger partial charge is 0.486 e. The molecule has 0 aliphatic rings. The molecule has 1 N–H and O–H groups in total. The molecule has 9 heteroatoms. The van der Waals surface area contributed by atoms with Gasteiger partial charge in [-0.25, -0.2) is 5.10 Å². The molecule has 0 atom stereocenters. The molecule has 0 bridgehead atoms. The van der Waals surface area contributed by atoms with Gasteiger partial charge in [0.15, 0.2) is 5.82 Å². The van der Waals surface area contributed by atoms with Gasteiger partial charge in [-0.3, -0.25) is 10.1 Å². The molecule has 0 saturated heterocycles. The Morgan fingerprint density at radius 3 is 2.70 bits per heavy atom. The molecule has 0 aliphatic carbocycles. The topological polar surface area (TPSA) is 98.3 Å². The molecular weight excluding hydrogens is 366 g/mol. The number of ether oxygens (including phenoxy) is 1. The minimum absolute atomic E-state index is 0.0377. The number of H-pyrrole nitrogens is 1. The first-order chi connectivity index (χ1) is 12.9. The zero-order valence-electron chi connectivity index (χ0n) is 14.7. The number of hydrogen-bond acceptors (Lipinski definition) is 6. The predicted molar refractivity (Wildman–Crippen MR) is 104 cm³/mol. The van der Waals surface area contributed by atoms with Crippen molar-refractivity contribution in [1.29, 1.82) is 0 Å². The summed E-state index contributed by atoms with van der Waals surface area (Å²) in [5.74, 6) is 1.17. The fourth-order valence-corrected chi connectivity index (χ4v) is 2.78. The maximum atomic E-state index is 11.1. The minimum Gasteiger partial charge on any atom is -0.486 e. The van der Waals surface area contributed by atoms with E-state index in [0.717, 1.165) is 16.9 Å². The van der Waals surface area contributed by atoms with Crippen LogP contribution in [0.4, 0.5) is 5.69 Å². The van der Waals surface area contributed by atoms with Gasteiger partial charge in [-0.2, -0.15) is 14.9 Å². The van der Waals surface area contributed by atoms with E-state index in [-0.39, 0.29) is 17.1 Å². The van der Waals surface area contributed by atoms with Crippen molar-refractivity contribution in [2.75, 3.05) is 0 Å². The Morgan fingerprint density at radius 1 is 1.30 bits per heavy atom. The number of nitrogens with zero attached hydrogens (tertiary/aromatic N) is 4. The van der Waals surface area contributed by atoms with Crippen LogP contribution in [0.2, 0.25) is 0 Å². The van der Waals surface area contributed by atoms with Gasteiger partial charge in [0.1, 0.15) is 12.4 Å². The second-order valence-corrected chi connectivity index (χ2v) is 6.32. The molecule has 8 nitrogen and oxygen atoms in total. The number of benzene rings is 2. The Morgan fingerprint density at radius 2 is 2.00 bits per heavy atom. The van der Waals surface area contributed by atoms with Gasteiger partial charge in [-0.1, -0.05) is 18.2 Å². The van der Waals surface area contributed by atoms with Gasteiger partial charge >= 0.3 is 0 Å². The zero-order valence-corrected chi connectivity index (χ0v) is 15.6. The maximum Gasteiger partial charge on any atom is 0.278 e. The lowest BCUT2D eigenvalue weighted by Crippen LogP contribution is -2.05. The number of rotatable bonds is 6. The molecular formula is C18H17N5O3S. The lowest BCUT2D eigenvalue weighted by Gasteiger charge is -2.07. The summed E-state index contributed by atoms with van der Waals surface area (Å²) >= 11 is 5.19. The van der Waals surface area contributed by atoms with Crippen molar-refractivity contribution in [3.8, 4) is 5.75 Å². The van der Waals surface area contributed by atoms with Gasteiger partial charge in [-0.15, -0.1) is 0 Å². The van der Waals surface area contributed by atoms with E-state index >= 15 is 0 Å². The summed E-state index contributed by atoms with van der Waals surface area (Å²) in [5, 5.41) is 22.1. The van der Waals surface area contributed by atoms with Crippen LogP contribution in [0.3, 0.4) is 0 Å². The minimum atomic E-state index is -0.458. The summed E-state index contributed by atoms with van der Waals surface area (Å²) in [6.07, 6.45) is 1.38. The Balaban J connectivity index is 1.83. The first-order valence-electron chi connectivity index (χ1n) is 8.09. The van der Waals surface area contributed by atoms with E-state index in [1.54, 1.807) is 18.2 Å². The summed E-state index contributed by atoms with van der Waals surface area (Å²) in [5.41, 5.74) is 2.52. The molecule has 0 saturated carbocycles. The highest BCUT2D eigenvalue weighted by Gasteiger charge is 2.11. The summed E-state index contributed by atoms with van der Waals surface area (Å²) < 4.78 is 7.44. The third-order valence-electron chi connectivity index (χ3n) is 3.73. The van der Waals surface area contributed by atoms with E-state index in [2.05, 4.69) is 21.4 Å². The number of hydrogen-bond donors (Lipinski definition) is 1. The molecule has 0 aliphatic heterocycles. The summed E-state index contributed by atoms with van der Waals surface area (Å²) in [4.78, 5) is 10.7. The Kier molecular flexibility index (Phi) is 5.41. The molecule has 0 fully saturated rings. The van der Waals surface area contributed by atoms with E-state index in [0.29, 0.717) is 11.4 Å². The second kappa shape index (κ2) is 7.92. The fourth-order valence-electron chi connectivity index (χ4n) is 2.58. The summed E-state index contributed by atoms with van der Waals surface area (Å²) in [7, 11) is 0. The van der Waals surface area contributed by atoms with Crippen molar-refractivity contribution in [2.24, 2.45) is 5.10 Å². The number of aryl methyl sites for hydroxylation is 2. The van der Waals surface area contributed by atoms with Crippen LogP contribution in [0.1, 0.15) is 22.5 Å². The van der Waals surface area contributed by atoms with Gasteiger partial charge < -0.3 is 4.74 Å². The van der Waals surface area contributed by atoms with Crippen LogP contribution in [0.5, 0.6) is 5.75 Å². The number of nitro groups is 1. The Bertz CT molecular complexity index is 1050. The molecule has 0 amide bonds. The number of nitrogens with one attached hydrogen (secondary N) is 1. The first kappa shape index (κ1) is 18.5. The van der Waals surface area contributed by atoms with Crippen LogP contribution in [-0.4, -0.2) is 26.0 Å². The van der Waals surface area contributed by atoms with Gasteiger partial charge in [0.25, 0.3) is 5.69 Å². The number of aromatic amines is 1. The Hall–Kier alpha value is -3.33. The van der Waals surface area contributed by atoms with Crippen LogP contribution >= 0.6 is 12.2 Å². The van der Waals surface area contributed by atoms with Crippen molar-refractivity contribution >= 4 is 24.1 Å². The van der Waals surface area contributed by atoms with Crippen molar-refractivity contribution in [3.05, 3.63) is 79.9 Å². The molecule has 3 aromatic rings. The van der Waals surface area contributed by atoms with Crippen molar-refractivity contribution < 1.29 is 9.66 Å². The van der Waals surface area contributed by atoms with Gasteiger partial charge in [0, 0.05) is 6.07 Å². The highest BCUT2D eigenvalue weighted by molar-refractivity contribution is 7.71. The van der Waals surface area contributed by atoms with E-state index in [4.69, 9.17) is 17.0 Å². The van der Waals surface area contributed by atoms with Crippen molar-refractivity contribution in [1.82, 2.24) is 14.9 Å². The molecule has 2 aromatic carbocycles. The van der Waals surface area contributed by atoms with Gasteiger partial charge in [0.2, 0.25) is 4.77 Å². The lowest BCUT2D eigenvalue weighted by atomic mass is 10.1. The first-order valence-corrected chi connectivity index (χ1v) is 8.50. The normalized spacial score (nSPS) is 11.0. The maximum absolute atomic E-state index is 11.1. The molecule has 3 rings (SSSR count). The fraction of sp³-hybridized carbons (Fsp3) is 0.167. The summed E-state index contributed by atoms with van der Waals surface area (Å²) in [6.45, 7) is 4.13. The molecule has 0 spiro atoms. The van der Waals surface area contributed by atoms with E-state index in [1.807, 2.05) is 26.0 Å². The SMILES string of the molecule is Cc1cc(C)cc(OCc2n[nH]c(=S)n2/N=C\c2ccccc2[N+](=O)[O-])c1. The average Bonchev–Trinajstić information content (AvgIpc) is 2.97. The van der Waals surface area contributed by atoms with E-state index in [9.17, 15) is 10.1 Å². The van der Waals surface area contributed by atoms with Crippen LogP contribution in [0.15, 0.2) is 47.6 Å². The Labute approximate surface area is 160 Å². The van der Waals surface area contributed by atoms with Crippen LogP contribution in [0, 0.1) is 28.7 Å². The van der Waals surface area contributed by atoms with Gasteiger partial charge in [-0.05, 0) is 55.4 Å². The summed E-state index contributed by atoms with van der Waals surface area (Å²) in [6, 6.07) is 12.2. The smallest absolute Gasteiger partial charge is 0.278 e. The monoisotopic (exact) mass is 383 g/mol. The number of aromatic nitrogens is 3. The molecule has 0 unspecified atom stereocenters. The quantitative estimate of drug-likeness (QED) is 0.301. The van der Waals surface area contributed by atoms with Gasteiger partial charge in [0.05, 0.1) is 16.7 Å². The standard InChI is InChI=1S/C18H17N5O3S/c1-12-7-13(2)9-15(8-12)26-11-17-20-21-18(27)22(17)19-10-14-5-3-4-6-16(14)23(24)25/h3-10H,11H2,1-2H3,(H,21,27)/b19-10-. The third kappa shape index (κ3) is 4.45. The molecule has 0 radical (unpaired) electrons. The highest BCUT2D eigenvalue weighted by Crippen LogP contribution is 2.18. The van der Waals surface area contributed by atoms with E-state index < -0.39 is 4.92 Å². The number of para-hydroxylation sites is 1. The second-order valence-electron chi connectivity index (χ2n) is 5.93. The molecule has 1 heterocycles. The van der Waals surface area contributed by atoms with Crippen LogP contribution < -0.4 is 4.74 Å². The molecule has 1 aromatic heterocycles. The number of nitro benzene ring substituents is 1. The van der Waals surface area contributed by atoms with E-state index in [1.165, 1.54) is 17.0 Å². The molecule has 27 heavy (non-hydrogen) atoms. The molecule has 138 valence electrons. The third-order valence-corrected chi connectivity index (χ3v) is 3.99. The highest BCUT2D eigenvalue weighted by atomic mass is 32.1. The average molecular weight is 383 g/mol. The zero-order chi connectivity index (χ0) is 19.4. The lowest BCUT2D eigenvalue weighted by molar-refractivity contribution is -0.385. The van der Waals surface area contributed by atoms with Crippen LogP contribution in [0.25, 0.3) is 0 Å². The predicted octanol–water partition coefficient (Wildman–Crippen LogP) is 3.93.